The first-order valence-corrected chi connectivity index (χ1v) is 8.39. The van der Waals surface area contributed by atoms with Gasteiger partial charge in [-0.15, -0.1) is 0 Å². The second-order valence-corrected chi connectivity index (χ2v) is 6.74. The number of benzene rings is 1. The average molecular weight is 348 g/mol. The lowest BCUT2D eigenvalue weighted by atomic mass is 10.1. The molecule has 25 heavy (non-hydrogen) atoms. The third kappa shape index (κ3) is 3.71. The minimum Gasteiger partial charge on any atom is -0.348 e. The van der Waals surface area contributed by atoms with Crippen molar-refractivity contribution in [2.75, 3.05) is 13.1 Å². The number of nitrogens with zero attached hydrogens (tertiary/aromatic N) is 3. The lowest BCUT2D eigenvalue weighted by Crippen LogP contribution is -2.38. The number of likely N-dealkylation sites (tertiary alicyclic amines) is 1. The van der Waals surface area contributed by atoms with E-state index in [-0.39, 0.29) is 28.8 Å². The Labute approximate surface area is 145 Å². The third-order valence-electron chi connectivity index (χ3n) is 4.54. The van der Waals surface area contributed by atoms with E-state index in [1.807, 2.05) is 0 Å². The molecule has 2 heterocycles. The van der Waals surface area contributed by atoms with Crippen molar-refractivity contribution < 1.29 is 13.6 Å². The number of halogens is 2. The monoisotopic (exact) mass is 348 g/mol. The highest BCUT2D eigenvalue weighted by atomic mass is 19.1. The summed E-state index contributed by atoms with van der Waals surface area (Å²) in [5.41, 5.74) is 0.620. The normalized spacial score (nSPS) is 18.1. The summed E-state index contributed by atoms with van der Waals surface area (Å²) in [6.07, 6.45) is 2.44. The summed E-state index contributed by atoms with van der Waals surface area (Å²) in [4.78, 5) is 15.0. The Morgan fingerprint density at radius 1 is 1.36 bits per heavy atom. The van der Waals surface area contributed by atoms with Crippen LogP contribution in [0.15, 0.2) is 24.4 Å². The molecule has 1 N–H and O–H groups in total. The zero-order valence-electron chi connectivity index (χ0n) is 14.6. The lowest BCUT2D eigenvalue weighted by molar-refractivity contribution is 0.0937. The third-order valence-corrected chi connectivity index (χ3v) is 4.54. The van der Waals surface area contributed by atoms with E-state index in [9.17, 15) is 13.6 Å². The van der Waals surface area contributed by atoms with Gasteiger partial charge in [-0.2, -0.15) is 5.10 Å². The van der Waals surface area contributed by atoms with Gasteiger partial charge in [0.15, 0.2) is 0 Å². The molecule has 1 aliphatic rings. The van der Waals surface area contributed by atoms with Crippen LogP contribution in [0, 0.1) is 11.6 Å². The summed E-state index contributed by atoms with van der Waals surface area (Å²) < 4.78 is 28.7. The predicted molar refractivity (Wildman–Crippen MR) is 91.1 cm³/mol. The molecule has 0 bridgehead atoms. The number of carbonyl (C=O) groups excluding carboxylic acids is 1. The lowest BCUT2D eigenvalue weighted by Gasteiger charge is -2.20. The Kier molecular flexibility index (Phi) is 4.85. The first-order valence-electron chi connectivity index (χ1n) is 8.39. The zero-order chi connectivity index (χ0) is 18.1. The Balaban J connectivity index is 1.82. The number of carbonyl (C=O) groups is 1. The molecular weight excluding hydrogens is 326 g/mol. The largest absolute Gasteiger partial charge is 0.348 e. The van der Waals surface area contributed by atoms with Gasteiger partial charge in [0.25, 0.3) is 5.91 Å². The highest BCUT2D eigenvalue weighted by molar-refractivity contribution is 6.00. The molecule has 0 spiro atoms. The van der Waals surface area contributed by atoms with Gasteiger partial charge < -0.3 is 5.32 Å². The molecule has 1 unspecified atom stereocenters. The Hall–Kier alpha value is -2.28. The smallest absolute Gasteiger partial charge is 0.255 e. The molecule has 0 radical (unpaired) electrons. The SMILES string of the molecule is CC(C)N1CCC(NC(=O)c2cn(C)nc2-c2ccc(F)cc2F)C1. The fraction of sp³-hybridized carbons (Fsp3) is 0.444. The predicted octanol–water partition coefficient (Wildman–Crippen LogP) is 2.58. The van der Waals surface area contributed by atoms with Gasteiger partial charge in [0.05, 0.1) is 5.56 Å². The van der Waals surface area contributed by atoms with Crippen LogP contribution in [0.1, 0.15) is 30.6 Å². The molecule has 2 aromatic rings. The molecule has 0 saturated carbocycles. The van der Waals surface area contributed by atoms with Crippen LogP contribution in [-0.2, 0) is 7.05 Å². The van der Waals surface area contributed by atoms with Crippen LogP contribution in [0.5, 0.6) is 0 Å². The van der Waals surface area contributed by atoms with Crippen LogP contribution in [-0.4, -0.2) is 45.8 Å². The van der Waals surface area contributed by atoms with Crippen molar-refractivity contribution in [3.05, 3.63) is 41.6 Å². The van der Waals surface area contributed by atoms with E-state index in [0.717, 1.165) is 31.6 Å². The first kappa shape index (κ1) is 17.5. The van der Waals surface area contributed by atoms with Gasteiger partial charge in [-0.05, 0) is 32.4 Å². The van der Waals surface area contributed by atoms with Crippen molar-refractivity contribution >= 4 is 5.91 Å². The quantitative estimate of drug-likeness (QED) is 0.924. The van der Waals surface area contributed by atoms with E-state index >= 15 is 0 Å². The molecule has 7 heteroatoms. The van der Waals surface area contributed by atoms with Crippen LogP contribution in [0.25, 0.3) is 11.3 Å². The minimum atomic E-state index is -0.736. The minimum absolute atomic E-state index is 0.0565. The number of rotatable bonds is 4. The van der Waals surface area contributed by atoms with Gasteiger partial charge in [-0.1, -0.05) is 0 Å². The number of hydrogen-bond donors (Lipinski definition) is 1. The van der Waals surface area contributed by atoms with Crippen LogP contribution < -0.4 is 5.32 Å². The van der Waals surface area contributed by atoms with Gasteiger partial charge >= 0.3 is 0 Å². The van der Waals surface area contributed by atoms with Crippen LogP contribution >= 0.6 is 0 Å². The number of hydrogen-bond acceptors (Lipinski definition) is 3. The molecule has 1 fully saturated rings. The maximum Gasteiger partial charge on any atom is 0.255 e. The highest BCUT2D eigenvalue weighted by Crippen LogP contribution is 2.26. The molecular formula is C18H22F2N4O. The van der Waals surface area contributed by atoms with Gasteiger partial charge in [0, 0.05) is 50.0 Å². The topological polar surface area (TPSA) is 50.2 Å². The number of nitrogens with one attached hydrogen (secondary N) is 1. The maximum atomic E-state index is 14.1. The zero-order valence-corrected chi connectivity index (χ0v) is 14.6. The summed E-state index contributed by atoms with van der Waals surface area (Å²) in [5, 5.41) is 7.20. The van der Waals surface area contributed by atoms with Crippen molar-refractivity contribution in [1.29, 1.82) is 0 Å². The number of amides is 1. The summed E-state index contributed by atoms with van der Waals surface area (Å²) in [7, 11) is 1.66. The van der Waals surface area contributed by atoms with Gasteiger partial charge in [-0.25, -0.2) is 8.78 Å². The fourth-order valence-corrected chi connectivity index (χ4v) is 3.17. The fourth-order valence-electron chi connectivity index (χ4n) is 3.17. The van der Waals surface area contributed by atoms with E-state index < -0.39 is 11.6 Å². The molecule has 1 amide bonds. The summed E-state index contributed by atoms with van der Waals surface area (Å²) in [5.74, 6) is -1.69. The average Bonchev–Trinajstić information content (AvgIpc) is 3.14. The van der Waals surface area contributed by atoms with E-state index in [2.05, 4.69) is 29.2 Å². The maximum absolute atomic E-state index is 14.1. The second-order valence-electron chi connectivity index (χ2n) is 6.74. The van der Waals surface area contributed by atoms with Crippen molar-refractivity contribution in [2.24, 2.45) is 7.05 Å². The highest BCUT2D eigenvalue weighted by Gasteiger charge is 2.27. The molecule has 1 aromatic carbocycles. The van der Waals surface area contributed by atoms with Gasteiger partial charge in [0.2, 0.25) is 0 Å². The molecule has 1 aromatic heterocycles. The number of aromatic nitrogens is 2. The van der Waals surface area contributed by atoms with E-state index in [1.54, 1.807) is 13.2 Å². The van der Waals surface area contributed by atoms with Gasteiger partial charge in [-0.3, -0.25) is 14.4 Å². The second kappa shape index (κ2) is 6.92. The molecule has 0 aliphatic carbocycles. The van der Waals surface area contributed by atoms with Crippen molar-refractivity contribution in [3.8, 4) is 11.3 Å². The van der Waals surface area contributed by atoms with Crippen LogP contribution in [0.2, 0.25) is 0 Å². The molecule has 1 atom stereocenters. The van der Waals surface area contributed by atoms with Crippen molar-refractivity contribution in [3.63, 3.8) is 0 Å². The van der Waals surface area contributed by atoms with E-state index in [0.29, 0.717) is 6.04 Å². The molecule has 1 saturated heterocycles. The first-order chi connectivity index (χ1) is 11.8. The summed E-state index contributed by atoms with van der Waals surface area (Å²) >= 11 is 0. The number of aryl methyl sites for hydroxylation is 1. The van der Waals surface area contributed by atoms with E-state index in [1.165, 1.54) is 10.7 Å². The molecule has 5 nitrogen and oxygen atoms in total. The van der Waals surface area contributed by atoms with Crippen LogP contribution in [0.4, 0.5) is 8.78 Å². The molecule has 134 valence electrons. The van der Waals surface area contributed by atoms with E-state index in [4.69, 9.17) is 0 Å². The van der Waals surface area contributed by atoms with Crippen LogP contribution in [0.3, 0.4) is 0 Å². The Morgan fingerprint density at radius 3 is 2.76 bits per heavy atom. The Bertz CT molecular complexity index is 787. The molecule has 3 rings (SSSR count). The van der Waals surface area contributed by atoms with Crippen molar-refractivity contribution in [2.45, 2.75) is 32.4 Å². The van der Waals surface area contributed by atoms with Gasteiger partial charge in [0.1, 0.15) is 17.3 Å². The standard InChI is InChI=1S/C18H22F2N4O/c1-11(2)24-7-6-13(9-24)21-18(25)15-10-23(3)22-17(15)14-5-4-12(19)8-16(14)20/h4-5,8,10-11,13H,6-7,9H2,1-3H3,(H,21,25). The Morgan fingerprint density at radius 2 is 2.12 bits per heavy atom. The molecule has 1 aliphatic heterocycles. The summed E-state index contributed by atoms with van der Waals surface area (Å²) in [6.45, 7) is 5.99. The summed E-state index contributed by atoms with van der Waals surface area (Å²) in [6, 6.07) is 3.75. The van der Waals surface area contributed by atoms with Crippen molar-refractivity contribution in [1.82, 2.24) is 20.0 Å².